The first-order valence-corrected chi connectivity index (χ1v) is 5.93. The zero-order valence-corrected chi connectivity index (χ0v) is 10.6. The van der Waals surface area contributed by atoms with E-state index >= 15 is 0 Å². The monoisotopic (exact) mass is 237 g/mol. The van der Waals surface area contributed by atoms with Gasteiger partial charge in [-0.05, 0) is 36.2 Å². The molecule has 0 saturated carbocycles. The van der Waals surface area contributed by atoms with Gasteiger partial charge >= 0.3 is 0 Å². The molecule has 1 aromatic carbocycles. The van der Waals surface area contributed by atoms with Gasteiger partial charge in [0.25, 0.3) is 0 Å². The van der Waals surface area contributed by atoms with Gasteiger partial charge in [-0.1, -0.05) is 19.1 Å². The average Bonchev–Trinajstić information content (AvgIpc) is 2.47. The van der Waals surface area contributed by atoms with E-state index in [4.69, 9.17) is 5.26 Å². The van der Waals surface area contributed by atoms with Crippen molar-refractivity contribution in [3.63, 3.8) is 0 Å². The first kappa shape index (κ1) is 12.1. The third-order valence-electron chi connectivity index (χ3n) is 2.98. The topological polar surface area (TPSA) is 39.9 Å². The second-order valence-corrected chi connectivity index (χ2v) is 4.09. The summed E-state index contributed by atoms with van der Waals surface area (Å²) in [5.41, 5.74) is 3.84. The second kappa shape index (κ2) is 5.33. The normalized spacial score (nSPS) is 9.83. The number of anilines is 2. The van der Waals surface area contributed by atoms with E-state index in [1.165, 1.54) is 5.56 Å². The number of nitrogens with zero attached hydrogens (tertiary/aromatic N) is 3. The molecule has 0 atom stereocenters. The van der Waals surface area contributed by atoms with Crippen LogP contribution in [0.3, 0.4) is 0 Å². The number of nitriles is 1. The van der Waals surface area contributed by atoms with E-state index in [1.54, 1.807) is 12.3 Å². The summed E-state index contributed by atoms with van der Waals surface area (Å²) in [7, 11) is 1.99. The van der Waals surface area contributed by atoms with Crippen molar-refractivity contribution in [2.24, 2.45) is 0 Å². The van der Waals surface area contributed by atoms with E-state index in [2.05, 4.69) is 36.2 Å². The van der Waals surface area contributed by atoms with Crippen LogP contribution in [0, 0.1) is 11.3 Å². The lowest BCUT2D eigenvalue weighted by atomic mass is 10.1. The van der Waals surface area contributed by atoms with Gasteiger partial charge in [-0.3, -0.25) is 0 Å². The van der Waals surface area contributed by atoms with Gasteiger partial charge < -0.3 is 4.90 Å². The van der Waals surface area contributed by atoms with Crippen molar-refractivity contribution in [2.45, 2.75) is 13.3 Å². The van der Waals surface area contributed by atoms with E-state index in [-0.39, 0.29) is 0 Å². The van der Waals surface area contributed by atoms with Crippen LogP contribution in [0.4, 0.5) is 11.4 Å². The van der Waals surface area contributed by atoms with Crippen molar-refractivity contribution in [2.75, 3.05) is 11.9 Å². The molecule has 0 saturated heterocycles. The molecule has 2 aromatic rings. The molecular weight excluding hydrogens is 222 g/mol. The van der Waals surface area contributed by atoms with Gasteiger partial charge in [-0.2, -0.15) is 5.26 Å². The van der Waals surface area contributed by atoms with Gasteiger partial charge in [0.1, 0.15) is 11.8 Å². The fourth-order valence-electron chi connectivity index (χ4n) is 1.75. The Bertz CT molecular complexity index is 550. The Balaban J connectivity index is 2.23. The van der Waals surface area contributed by atoms with Crippen molar-refractivity contribution in [1.29, 1.82) is 5.26 Å². The van der Waals surface area contributed by atoms with Crippen molar-refractivity contribution in [1.82, 2.24) is 4.98 Å². The molecule has 0 aliphatic heterocycles. The minimum absolute atomic E-state index is 0.438. The van der Waals surface area contributed by atoms with E-state index in [0.29, 0.717) is 5.69 Å². The Morgan fingerprint density at radius 1 is 1.11 bits per heavy atom. The Morgan fingerprint density at radius 3 is 2.28 bits per heavy atom. The zero-order chi connectivity index (χ0) is 13.0. The molecule has 2 rings (SSSR count). The fourth-order valence-corrected chi connectivity index (χ4v) is 1.75. The van der Waals surface area contributed by atoms with Crippen LogP contribution in [0.15, 0.2) is 42.6 Å². The zero-order valence-electron chi connectivity index (χ0n) is 10.6. The van der Waals surface area contributed by atoms with Gasteiger partial charge in [0.15, 0.2) is 0 Å². The lowest BCUT2D eigenvalue weighted by molar-refractivity contribution is 1.12. The molecule has 0 spiro atoms. The van der Waals surface area contributed by atoms with Gasteiger partial charge in [-0.15, -0.1) is 0 Å². The van der Waals surface area contributed by atoms with Crippen molar-refractivity contribution in [3.05, 3.63) is 53.9 Å². The highest BCUT2D eigenvalue weighted by Crippen LogP contribution is 2.23. The predicted octanol–water partition coefficient (Wildman–Crippen LogP) is 3.28. The summed E-state index contributed by atoms with van der Waals surface area (Å²) in [5, 5.41) is 8.72. The Hall–Kier alpha value is -2.34. The van der Waals surface area contributed by atoms with Gasteiger partial charge in [0.2, 0.25) is 0 Å². The first-order valence-electron chi connectivity index (χ1n) is 5.93. The lowest BCUT2D eigenvalue weighted by Crippen LogP contribution is -2.09. The maximum atomic E-state index is 8.72. The van der Waals surface area contributed by atoms with Crippen LogP contribution in [0.5, 0.6) is 0 Å². The first-order chi connectivity index (χ1) is 8.74. The van der Waals surface area contributed by atoms with Crippen LogP contribution in [0.1, 0.15) is 18.2 Å². The molecule has 0 bridgehead atoms. The van der Waals surface area contributed by atoms with Crippen LogP contribution in [-0.4, -0.2) is 12.0 Å². The molecule has 90 valence electrons. The van der Waals surface area contributed by atoms with E-state index < -0.39 is 0 Å². The van der Waals surface area contributed by atoms with Gasteiger partial charge in [0.05, 0.1) is 11.9 Å². The minimum Gasteiger partial charge on any atom is -0.343 e. The van der Waals surface area contributed by atoms with Crippen LogP contribution in [0.25, 0.3) is 0 Å². The molecule has 1 aromatic heterocycles. The second-order valence-electron chi connectivity index (χ2n) is 4.09. The molecule has 0 aliphatic carbocycles. The summed E-state index contributed by atoms with van der Waals surface area (Å²) in [6.07, 6.45) is 2.76. The highest BCUT2D eigenvalue weighted by atomic mass is 15.1. The maximum absolute atomic E-state index is 8.72. The molecule has 0 radical (unpaired) electrons. The number of aryl methyl sites for hydroxylation is 1. The number of hydrogen-bond donors (Lipinski definition) is 0. The van der Waals surface area contributed by atoms with Crippen LogP contribution in [0.2, 0.25) is 0 Å². The van der Waals surface area contributed by atoms with Crippen LogP contribution >= 0.6 is 0 Å². The standard InChI is InChI=1S/C15H15N3/c1-3-12-4-7-14(8-5-12)18(2)15-9-6-13(10-16)17-11-15/h4-9,11H,3H2,1-2H3. The Kier molecular flexibility index (Phi) is 3.59. The van der Waals surface area contributed by atoms with Gasteiger partial charge in [0, 0.05) is 12.7 Å². The molecule has 0 unspecified atom stereocenters. The van der Waals surface area contributed by atoms with E-state index in [0.717, 1.165) is 17.8 Å². The fraction of sp³-hybridized carbons (Fsp3) is 0.200. The number of benzene rings is 1. The average molecular weight is 237 g/mol. The third kappa shape index (κ3) is 2.49. The van der Waals surface area contributed by atoms with E-state index in [1.807, 2.05) is 24.1 Å². The minimum atomic E-state index is 0.438. The summed E-state index contributed by atoms with van der Waals surface area (Å²) in [4.78, 5) is 6.12. The molecule has 18 heavy (non-hydrogen) atoms. The molecule has 3 heteroatoms. The number of aromatic nitrogens is 1. The summed E-state index contributed by atoms with van der Waals surface area (Å²) in [6.45, 7) is 2.14. The van der Waals surface area contributed by atoms with E-state index in [9.17, 15) is 0 Å². The highest BCUT2D eigenvalue weighted by molar-refractivity contribution is 5.62. The summed E-state index contributed by atoms with van der Waals surface area (Å²) < 4.78 is 0. The predicted molar refractivity (Wildman–Crippen MR) is 72.8 cm³/mol. The highest BCUT2D eigenvalue weighted by Gasteiger charge is 2.04. The van der Waals surface area contributed by atoms with Crippen molar-refractivity contribution < 1.29 is 0 Å². The Morgan fingerprint density at radius 2 is 1.78 bits per heavy atom. The third-order valence-corrected chi connectivity index (χ3v) is 2.98. The van der Waals surface area contributed by atoms with Crippen molar-refractivity contribution >= 4 is 11.4 Å². The molecule has 0 amide bonds. The number of hydrogen-bond acceptors (Lipinski definition) is 3. The van der Waals surface area contributed by atoms with Crippen LogP contribution < -0.4 is 4.90 Å². The summed E-state index contributed by atoms with van der Waals surface area (Å²) >= 11 is 0. The number of pyridine rings is 1. The molecule has 0 aliphatic rings. The maximum Gasteiger partial charge on any atom is 0.140 e. The van der Waals surface area contributed by atoms with Gasteiger partial charge in [-0.25, -0.2) is 4.98 Å². The molecule has 0 N–H and O–H groups in total. The summed E-state index contributed by atoms with van der Waals surface area (Å²) in [5.74, 6) is 0. The smallest absolute Gasteiger partial charge is 0.140 e. The van der Waals surface area contributed by atoms with Crippen LogP contribution in [-0.2, 0) is 6.42 Å². The molecular formula is C15H15N3. The molecule has 3 nitrogen and oxygen atoms in total. The Labute approximate surface area is 107 Å². The molecule has 0 fully saturated rings. The summed E-state index contributed by atoms with van der Waals surface area (Å²) in [6, 6.07) is 14.1. The largest absolute Gasteiger partial charge is 0.343 e. The SMILES string of the molecule is CCc1ccc(N(C)c2ccc(C#N)nc2)cc1. The number of rotatable bonds is 3. The quantitative estimate of drug-likeness (QED) is 0.822. The lowest BCUT2D eigenvalue weighted by Gasteiger charge is -2.19. The molecule has 1 heterocycles. The van der Waals surface area contributed by atoms with Crippen molar-refractivity contribution in [3.8, 4) is 6.07 Å².